The Morgan fingerprint density at radius 2 is 2.33 bits per heavy atom. The number of terminal acetylenes is 1. The van der Waals surface area contributed by atoms with Gasteiger partial charge in [-0.1, -0.05) is 12.5 Å². The summed E-state index contributed by atoms with van der Waals surface area (Å²) >= 11 is 0. The molecule has 0 spiro atoms. The lowest BCUT2D eigenvalue weighted by molar-refractivity contribution is -0.120. The third-order valence-electron chi connectivity index (χ3n) is 3.51. The summed E-state index contributed by atoms with van der Waals surface area (Å²) in [6, 6.07) is 0. The van der Waals surface area contributed by atoms with Crippen LogP contribution in [-0.4, -0.2) is 52.0 Å². The van der Waals surface area contributed by atoms with E-state index in [1.165, 1.54) is 6.20 Å². The summed E-state index contributed by atoms with van der Waals surface area (Å²) in [7, 11) is 0. The monoisotopic (exact) mass is 300 g/mol. The smallest absolute Gasteiger partial charge is 0.250 e. The van der Waals surface area contributed by atoms with Crippen LogP contribution in [-0.2, 0) is 9.53 Å². The summed E-state index contributed by atoms with van der Waals surface area (Å²) in [4.78, 5) is 12.3. The van der Waals surface area contributed by atoms with E-state index in [1.54, 1.807) is 0 Å². The van der Waals surface area contributed by atoms with Gasteiger partial charge in [0.2, 0.25) is 6.43 Å². The molecule has 2 aliphatic heterocycles. The second-order valence-corrected chi connectivity index (χ2v) is 4.72. The van der Waals surface area contributed by atoms with Gasteiger partial charge in [0.25, 0.3) is 5.91 Å². The number of hydrogen-bond acceptors (Lipinski definition) is 5. The van der Waals surface area contributed by atoms with Gasteiger partial charge in [-0.2, -0.15) is 0 Å². The highest BCUT2D eigenvalue weighted by atomic mass is 19.3. The van der Waals surface area contributed by atoms with Crippen molar-refractivity contribution in [1.29, 1.82) is 0 Å². The molecule has 0 aromatic heterocycles. The molecule has 0 aromatic carbocycles. The molecule has 0 aromatic rings. The standard InChI is InChI=1S/C13H14F2N2O4/c1-3-13(6-18)10(20)9(11(14)15)12(21-13)17-5-4-8(19)16-7(17)2/h1,4-5,9-12,18,20H,2,6H2,(H,16,19)/t9-,10+,12-,13-/m1/s1. The van der Waals surface area contributed by atoms with Crippen LogP contribution in [0.15, 0.2) is 24.7 Å². The van der Waals surface area contributed by atoms with Crippen molar-refractivity contribution in [2.75, 3.05) is 6.61 Å². The zero-order valence-corrected chi connectivity index (χ0v) is 10.9. The SMILES string of the molecule is C#C[C@]1(CO)O[C@@H](N2C=CC(=O)NC2=C)[C@@H](C(F)F)[C@@H]1O. The van der Waals surface area contributed by atoms with Crippen LogP contribution in [0.25, 0.3) is 0 Å². The number of nitrogens with zero attached hydrogens (tertiary/aromatic N) is 1. The molecule has 114 valence electrons. The zero-order chi connectivity index (χ0) is 15.8. The first-order chi connectivity index (χ1) is 9.86. The van der Waals surface area contributed by atoms with Gasteiger partial charge in [0.15, 0.2) is 5.60 Å². The summed E-state index contributed by atoms with van der Waals surface area (Å²) in [6.07, 6.45) is 1.43. The van der Waals surface area contributed by atoms with Crippen molar-refractivity contribution in [3.05, 3.63) is 24.7 Å². The fraction of sp³-hybridized carbons (Fsp3) is 0.462. The second-order valence-electron chi connectivity index (χ2n) is 4.72. The first-order valence-electron chi connectivity index (χ1n) is 6.05. The molecular formula is C13H14F2N2O4. The Morgan fingerprint density at radius 3 is 2.81 bits per heavy atom. The number of aliphatic hydroxyl groups is 2. The Balaban J connectivity index is 2.38. The van der Waals surface area contributed by atoms with E-state index in [4.69, 9.17) is 11.2 Å². The number of hydrogen-bond donors (Lipinski definition) is 3. The largest absolute Gasteiger partial charge is 0.392 e. The first-order valence-corrected chi connectivity index (χ1v) is 6.05. The molecule has 2 rings (SSSR count). The minimum atomic E-state index is -2.95. The zero-order valence-electron chi connectivity index (χ0n) is 10.9. The molecule has 8 heteroatoms. The first kappa shape index (κ1) is 15.4. The van der Waals surface area contributed by atoms with E-state index in [-0.39, 0.29) is 5.82 Å². The van der Waals surface area contributed by atoms with Gasteiger partial charge >= 0.3 is 0 Å². The Hall–Kier alpha value is -1.95. The second kappa shape index (κ2) is 5.44. The number of halogens is 2. The number of aliphatic hydroxyl groups excluding tert-OH is 2. The van der Waals surface area contributed by atoms with Gasteiger partial charge in [0, 0.05) is 12.3 Å². The number of amides is 1. The van der Waals surface area contributed by atoms with Crippen LogP contribution >= 0.6 is 0 Å². The molecule has 2 heterocycles. The van der Waals surface area contributed by atoms with Crippen LogP contribution in [0.1, 0.15) is 0 Å². The maximum Gasteiger partial charge on any atom is 0.250 e. The van der Waals surface area contributed by atoms with Crippen molar-refractivity contribution in [2.45, 2.75) is 24.4 Å². The van der Waals surface area contributed by atoms with Crippen molar-refractivity contribution in [3.8, 4) is 12.3 Å². The van der Waals surface area contributed by atoms with E-state index >= 15 is 0 Å². The van der Waals surface area contributed by atoms with Crippen molar-refractivity contribution in [2.24, 2.45) is 5.92 Å². The molecule has 0 saturated carbocycles. The maximum atomic E-state index is 13.3. The predicted octanol–water partition coefficient (Wildman–Crippen LogP) is -0.634. The van der Waals surface area contributed by atoms with Crippen LogP contribution in [0.4, 0.5) is 8.78 Å². The fourth-order valence-corrected chi connectivity index (χ4v) is 2.36. The van der Waals surface area contributed by atoms with E-state index < -0.39 is 42.8 Å². The van der Waals surface area contributed by atoms with Gasteiger partial charge < -0.3 is 25.2 Å². The van der Waals surface area contributed by atoms with E-state index in [9.17, 15) is 23.8 Å². The molecule has 3 N–H and O–H groups in total. The van der Waals surface area contributed by atoms with Gasteiger partial charge in [0.05, 0.1) is 12.5 Å². The highest BCUT2D eigenvalue weighted by molar-refractivity contribution is 5.89. The lowest BCUT2D eigenvalue weighted by Crippen LogP contribution is -2.46. The summed E-state index contributed by atoms with van der Waals surface area (Å²) in [5.74, 6) is -0.0990. The van der Waals surface area contributed by atoms with Crippen LogP contribution in [0.2, 0.25) is 0 Å². The highest BCUT2D eigenvalue weighted by Gasteiger charge is 2.58. The third-order valence-corrected chi connectivity index (χ3v) is 3.51. The van der Waals surface area contributed by atoms with Gasteiger partial charge in [-0.05, 0) is 0 Å². The van der Waals surface area contributed by atoms with E-state index in [1.807, 2.05) is 5.92 Å². The van der Waals surface area contributed by atoms with Gasteiger partial charge in [0.1, 0.15) is 18.2 Å². The lowest BCUT2D eigenvalue weighted by Gasteiger charge is -2.34. The Bertz CT molecular complexity index is 531. The van der Waals surface area contributed by atoms with Gasteiger partial charge in [-0.25, -0.2) is 8.78 Å². The molecule has 4 atom stereocenters. The molecule has 1 fully saturated rings. The van der Waals surface area contributed by atoms with Gasteiger partial charge in [-0.15, -0.1) is 6.42 Å². The molecule has 1 amide bonds. The molecule has 0 bridgehead atoms. The average molecular weight is 300 g/mol. The quantitative estimate of drug-likeness (QED) is 0.604. The maximum absolute atomic E-state index is 13.3. The van der Waals surface area contributed by atoms with Crippen LogP contribution in [0.3, 0.4) is 0 Å². The minimum absolute atomic E-state index is 0.0103. The lowest BCUT2D eigenvalue weighted by atomic mass is 9.90. The third kappa shape index (κ3) is 2.40. The minimum Gasteiger partial charge on any atom is -0.392 e. The summed E-state index contributed by atoms with van der Waals surface area (Å²) in [6.45, 7) is 2.71. The molecule has 0 unspecified atom stereocenters. The number of nitrogens with one attached hydrogen (secondary N) is 1. The van der Waals surface area contributed by atoms with E-state index in [2.05, 4.69) is 11.9 Å². The summed E-state index contributed by atoms with van der Waals surface area (Å²) in [5.41, 5.74) is -1.93. The average Bonchev–Trinajstić information content (AvgIpc) is 2.72. The number of rotatable bonds is 3. The van der Waals surface area contributed by atoms with E-state index in [0.29, 0.717) is 0 Å². The number of alkyl halides is 2. The molecular weight excluding hydrogens is 286 g/mol. The number of ether oxygens (including phenoxy) is 1. The summed E-state index contributed by atoms with van der Waals surface area (Å²) < 4.78 is 31.8. The Labute approximate surface area is 119 Å². The van der Waals surface area contributed by atoms with Gasteiger partial charge in [-0.3, -0.25) is 4.79 Å². The summed E-state index contributed by atoms with van der Waals surface area (Å²) in [5, 5.41) is 21.7. The number of carbonyl (C=O) groups excluding carboxylic acids is 1. The molecule has 0 radical (unpaired) electrons. The van der Waals surface area contributed by atoms with Crippen molar-refractivity contribution in [1.82, 2.24) is 10.2 Å². The fourth-order valence-electron chi connectivity index (χ4n) is 2.36. The molecule has 21 heavy (non-hydrogen) atoms. The molecule has 2 aliphatic rings. The van der Waals surface area contributed by atoms with Crippen molar-refractivity contribution >= 4 is 5.91 Å². The topological polar surface area (TPSA) is 82.0 Å². The normalized spacial score (nSPS) is 36.0. The van der Waals surface area contributed by atoms with E-state index in [0.717, 1.165) is 11.0 Å². The van der Waals surface area contributed by atoms with Crippen LogP contribution in [0, 0.1) is 18.3 Å². The number of carbonyl (C=O) groups is 1. The van der Waals surface area contributed by atoms with Crippen molar-refractivity contribution < 1.29 is 28.5 Å². The van der Waals surface area contributed by atoms with Crippen LogP contribution < -0.4 is 5.32 Å². The Kier molecular flexibility index (Phi) is 4.00. The molecule has 0 aliphatic carbocycles. The molecule has 1 saturated heterocycles. The molecule has 6 nitrogen and oxygen atoms in total. The Morgan fingerprint density at radius 1 is 1.67 bits per heavy atom. The van der Waals surface area contributed by atoms with Crippen LogP contribution in [0.5, 0.6) is 0 Å². The highest BCUT2D eigenvalue weighted by Crippen LogP contribution is 2.41. The predicted molar refractivity (Wildman–Crippen MR) is 67.3 cm³/mol. The van der Waals surface area contributed by atoms with Crippen molar-refractivity contribution in [3.63, 3.8) is 0 Å².